The van der Waals surface area contributed by atoms with Crippen LogP contribution in [0.5, 0.6) is 0 Å². The number of oxazole rings is 1. The van der Waals surface area contributed by atoms with E-state index in [1.165, 1.54) is 0 Å². The molecule has 22 heavy (non-hydrogen) atoms. The Hall–Kier alpha value is -2.04. The highest BCUT2D eigenvalue weighted by molar-refractivity contribution is 5.80. The number of piperidine rings is 1. The second-order valence-electron chi connectivity index (χ2n) is 6.41. The van der Waals surface area contributed by atoms with E-state index in [-0.39, 0.29) is 5.91 Å². The number of aromatic nitrogens is 1. The smallest absolute Gasteiger partial charge is 0.298 e. The maximum absolute atomic E-state index is 11.7. The van der Waals surface area contributed by atoms with Crippen molar-refractivity contribution in [2.75, 3.05) is 24.5 Å². The minimum atomic E-state index is 0.251. The molecule has 0 unspecified atom stereocenters. The van der Waals surface area contributed by atoms with Crippen LogP contribution < -0.4 is 10.2 Å². The number of fused-ring (bicyclic) bond motifs is 1. The van der Waals surface area contributed by atoms with Crippen LogP contribution in [-0.4, -0.2) is 30.5 Å². The number of amides is 1. The van der Waals surface area contributed by atoms with E-state index in [1.54, 1.807) is 0 Å². The molecule has 0 bridgehead atoms. The number of rotatable bonds is 4. The molecule has 1 saturated heterocycles. The third kappa shape index (κ3) is 2.80. The first-order valence-electron chi connectivity index (χ1n) is 8.18. The van der Waals surface area contributed by atoms with E-state index >= 15 is 0 Å². The molecule has 2 heterocycles. The summed E-state index contributed by atoms with van der Waals surface area (Å²) in [6.45, 7) is 2.70. The second-order valence-corrected chi connectivity index (χ2v) is 6.41. The number of hydrogen-bond donors (Lipinski definition) is 1. The van der Waals surface area contributed by atoms with Gasteiger partial charge in [0.1, 0.15) is 5.52 Å². The molecule has 2 fully saturated rings. The Bertz CT molecular complexity index is 636. The molecule has 0 atom stereocenters. The van der Waals surface area contributed by atoms with Gasteiger partial charge in [-0.3, -0.25) is 4.79 Å². The fourth-order valence-electron chi connectivity index (χ4n) is 3.06. The van der Waals surface area contributed by atoms with Gasteiger partial charge in [0.2, 0.25) is 5.91 Å². The minimum Gasteiger partial charge on any atom is -0.423 e. The van der Waals surface area contributed by atoms with Gasteiger partial charge in [0, 0.05) is 25.6 Å². The highest BCUT2D eigenvalue weighted by Crippen LogP contribution is 2.29. The van der Waals surface area contributed by atoms with E-state index in [1.807, 2.05) is 24.3 Å². The van der Waals surface area contributed by atoms with Crippen LogP contribution in [0.3, 0.4) is 0 Å². The van der Waals surface area contributed by atoms with Crippen LogP contribution in [-0.2, 0) is 4.79 Å². The predicted molar refractivity (Wildman–Crippen MR) is 84.7 cm³/mol. The number of nitrogens with one attached hydrogen (secondary N) is 1. The van der Waals surface area contributed by atoms with Gasteiger partial charge in [0.15, 0.2) is 5.58 Å². The number of carbonyl (C=O) groups is 1. The van der Waals surface area contributed by atoms with Crippen molar-refractivity contribution in [1.82, 2.24) is 10.3 Å². The minimum absolute atomic E-state index is 0.251. The van der Waals surface area contributed by atoms with Gasteiger partial charge >= 0.3 is 0 Å². The van der Waals surface area contributed by atoms with Crippen molar-refractivity contribution in [1.29, 1.82) is 0 Å². The van der Waals surface area contributed by atoms with Crippen molar-refractivity contribution in [3.05, 3.63) is 24.3 Å². The van der Waals surface area contributed by atoms with Crippen molar-refractivity contribution in [3.63, 3.8) is 0 Å². The molecule has 1 aliphatic carbocycles. The molecule has 1 aliphatic heterocycles. The number of hydrogen-bond acceptors (Lipinski definition) is 4. The molecule has 1 N–H and O–H groups in total. The number of carbonyl (C=O) groups excluding carboxylic acids is 1. The molecule has 1 aromatic heterocycles. The summed E-state index contributed by atoms with van der Waals surface area (Å²) in [4.78, 5) is 18.5. The van der Waals surface area contributed by atoms with Crippen LogP contribution in [0.15, 0.2) is 28.7 Å². The Labute approximate surface area is 129 Å². The van der Waals surface area contributed by atoms with E-state index in [9.17, 15) is 4.79 Å². The van der Waals surface area contributed by atoms with Crippen molar-refractivity contribution in [2.45, 2.75) is 25.7 Å². The quantitative estimate of drug-likeness (QED) is 0.942. The highest BCUT2D eigenvalue weighted by Gasteiger charge is 2.30. The standard InChI is InChI=1S/C17H21N3O2/c21-16(13-5-6-13)18-11-12-7-9-20(10-8-12)17-19-14-3-1-2-4-15(14)22-17/h1-4,12-13H,5-11H2,(H,18,21). The van der Waals surface area contributed by atoms with Crippen LogP contribution in [0.25, 0.3) is 11.1 Å². The summed E-state index contributed by atoms with van der Waals surface area (Å²) in [5.41, 5.74) is 1.76. The predicted octanol–water partition coefficient (Wildman–Crippen LogP) is 2.57. The lowest BCUT2D eigenvalue weighted by Crippen LogP contribution is -2.39. The number of para-hydroxylation sites is 2. The lowest BCUT2D eigenvalue weighted by molar-refractivity contribution is -0.122. The lowest BCUT2D eigenvalue weighted by atomic mass is 9.97. The first-order valence-corrected chi connectivity index (χ1v) is 8.18. The molecule has 0 spiro atoms. The molecule has 1 aromatic carbocycles. The topological polar surface area (TPSA) is 58.4 Å². The Balaban J connectivity index is 1.32. The van der Waals surface area contributed by atoms with Crippen LogP contribution in [0, 0.1) is 11.8 Å². The molecule has 1 amide bonds. The molecule has 116 valence electrons. The van der Waals surface area contributed by atoms with Crippen molar-refractivity contribution >= 4 is 23.0 Å². The second kappa shape index (κ2) is 5.63. The van der Waals surface area contributed by atoms with Crippen LogP contribution in [0.4, 0.5) is 6.01 Å². The molecule has 5 heteroatoms. The zero-order valence-corrected chi connectivity index (χ0v) is 12.6. The zero-order valence-electron chi connectivity index (χ0n) is 12.6. The Morgan fingerprint density at radius 3 is 2.73 bits per heavy atom. The van der Waals surface area contributed by atoms with E-state index in [0.717, 1.165) is 62.4 Å². The third-order valence-corrected chi connectivity index (χ3v) is 4.68. The summed E-state index contributed by atoms with van der Waals surface area (Å²) in [6, 6.07) is 8.59. The van der Waals surface area contributed by atoms with Crippen LogP contribution in [0.1, 0.15) is 25.7 Å². The van der Waals surface area contributed by atoms with Gasteiger partial charge in [-0.25, -0.2) is 0 Å². The molecule has 5 nitrogen and oxygen atoms in total. The summed E-state index contributed by atoms with van der Waals surface area (Å²) in [5, 5.41) is 3.09. The van der Waals surface area contributed by atoms with Gasteiger partial charge in [-0.2, -0.15) is 4.98 Å². The summed E-state index contributed by atoms with van der Waals surface area (Å²) in [7, 11) is 0. The van der Waals surface area contributed by atoms with Gasteiger partial charge in [0.25, 0.3) is 6.01 Å². The van der Waals surface area contributed by atoms with Gasteiger partial charge in [-0.15, -0.1) is 0 Å². The molecular formula is C17H21N3O2. The number of nitrogens with zero attached hydrogens (tertiary/aromatic N) is 2. The van der Waals surface area contributed by atoms with Crippen molar-refractivity contribution in [3.8, 4) is 0 Å². The summed E-state index contributed by atoms with van der Waals surface area (Å²) in [5.74, 6) is 1.13. The van der Waals surface area contributed by atoms with E-state index < -0.39 is 0 Å². The van der Waals surface area contributed by atoms with E-state index in [4.69, 9.17) is 4.42 Å². The van der Waals surface area contributed by atoms with Crippen LogP contribution in [0.2, 0.25) is 0 Å². The molecular weight excluding hydrogens is 278 g/mol. The molecule has 0 radical (unpaired) electrons. The summed E-state index contributed by atoms with van der Waals surface area (Å²) < 4.78 is 5.83. The van der Waals surface area contributed by atoms with Gasteiger partial charge in [-0.1, -0.05) is 12.1 Å². The average molecular weight is 299 g/mol. The SMILES string of the molecule is O=C(NCC1CCN(c2nc3ccccc3o2)CC1)C1CC1. The van der Waals surface area contributed by atoms with Gasteiger partial charge < -0.3 is 14.6 Å². The van der Waals surface area contributed by atoms with Crippen molar-refractivity contribution in [2.24, 2.45) is 11.8 Å². The molecule has 4 rings (SSSR count). The number of anilines is 1. The van der Waals surface area contributed by atoms with Gasteiger partial charge in [-0.05, 0) is 43.7 Å². The Morgan fingerprint density at radius 1 is 1.23 bits per heavy atom. The summed E-state index contributed by atoms with van der Waals surface area (Å²) >= 11 is 0. The fraction of sp³-hybridized carbons (Fsp3) is 0.529. The maximum Gasteiger partial charge on any atom is 0.298 e. The normalized spacial score (nSPS) is 19.5. The number of benzene rings is 1. The Kier molecular flexibility index (Phi) is 3.48. The lowest BCUT2D eigenvalue weighted by Gasteiger charge is -2.30. The first kappa shape index (κ1) is 13.6. The fourth-order valence-corrected chi connectivity index (χ4v) is 3.06. The zero-order chi connectivity index (χ0) is 14.9. The van der Waals surface area contributed by atoms with Crippen molar-refractivity contribution < 1.29 is 9.21 Å². The monoisotopic (exact) mass is 299 g/mol. The first-order chi connectivity index (χ1) is 10.8. The third-order valence-electron chi connectivity index (χ3n) is 4.68. The summed E-state index contributed by atoms with van der Waals surface area (Å²) in [6.07, 6.45) is 4.29. The highest BCUT2D eigenvalue weighted by atomic mass is 16.4. The maximum atomic E-state index is 11.7. The molecule has 2 aromatic rings. The molecule has 1 saturated carbocycles. The van der Waals surface area contributed by atoms with Crippen LogP contribution >= 0.6 is 0 Å². The Morgan fingerprint density at radius 2 is 2.00 bits per heavy atom. The van der Waals surface area contributed by atoms with E-state index in [2.05, 4.69) is 15.2 Å². The van der Waals surface area contributed by atoms with Gasteiger partial charge in [0.05, 0.1) is 0 Å². The molecule has 2 aliphatic rings. The van der Waals surface area contributed by atoms with E-state index in [0.29, 0.717) is 11.8 Å². The largest absolute Gasteiger partial charge is 0.423 e. The average Bonchev–Trinajstić information content (AvgIpc) is 3.32.